The largest absolute Gasteiger partial charge is 0.396 e. The van der Waals surface area contributed by atoms with E-state index in [1.807, 2.05) is 6.07 Å². The van der Waals surface area contributed by atoms with Crippen LogP contribution in [0.4, 0.5) is 13.2 Å². The summed E-state index contributed by atoms with van der Waals surface area (Å²) >= 11 is 0. The standard InChI is InChI=1S/C20H19F3N4O2/c1-12-9-25-17(8-20(21,22)23)27-18(12)14-7-15(24-10-14)19(29)26-16(11-28)13-5-3-2-4-6-13/h2-7,9-10,16,24,28H,8,11H2,1H3,(H,26,29). The lowest BCUT2D eigenvalue weighted by Gasteiger charge is -2.16. The number of alkyl halides is 3. The molecule has 0 saturated heterocycles. The SMILES string of the molecule is Cc1cnc(CC(F)(F)F)nc1-c1c[nH]c(C(=O)NC(CO)c2ccccc2)c1. The highest BCUT2D eigenvalue weighted by molar-refractivity contribution is 5.94. The number of amides is 1. The minimum absolute atomic E-state index is 0.199. The summed E-state index contributed by atoms with van der Waals surface area (Å²) < 4.78 is 37.9. The van der Waals surface area contributed by atoms with Gasteiger partial charge < -0.3 is 15.4 Å². The summed E-state index contributed by atoms with van der Waals surface area (Å²) in [5.41, 5.74) is 2.32. The Morgan fingerprint density at radius 3 is 2.66 bits per heavy atom. The van der Waals surface area contributed by atoms with E-state index in [1.165, 1.54) is 18.5 Å². The zero-order chi connectivity index (χ0) is 21.0. The first-order chi connectivity index (χ1) is 13.8. The van der Waals surface area contributed by atoms with E-state index in [2.05, 4.69) is 20.3 Å². The molecule has 0 aliphatic carbocycles. The van der Waals surface area contributed by atoms with Gasteiger partial charge in [-0.3, -0.25) is 4.79 Å². The molecule has 0 bridgehead atoms. The summed E-state index contributed by atoms with van der Waals surface area (Å²) in [5.74, 6) is -0.795. The summed E-state index contributed by atoms with van der Waals surface area (Å²) in [6.45, 7) is 1.39. The van der Waals surface area contributed by atoms with E-state index in [0.717, 1.165) is 5.56 Å². The second-order valence-corrected chi connectivity index (χ2v) is 6.53. The van der Waals surface area contributed by atoms with Crippen LogP contribution in [0.2, 0.25) is 0 Å². The number of aliphatic hydroxyl groups excluding tert-OH is 1. The summed E-state index contributed by atoms with van der Waals surface area (Å²) in [6, 6.07) is 9.91. The van der Waals surface area contributed by atoms with E-state index in [4.69, 9.17) is 0 Å². The van der Waals surface area contributed by atoms with Crippen LogP contribution in [0.1, 0.15) is 33.5 Å². The van der Waals surface area contributed by atoms with Crippen molar-refractivity contribution in [2.45, 2.75) is 25.6 Å². The van der Waals surface area contributed by atoms with Crippen LogP contribution in [0.3, 0.4) is 0 Å². The maximum absolute atomic E-state index is 12.6. The van der Waals surface area contributed by atoms with E-state index in [9.17, 15) is 23.1 Å². The van der Waals surface area contributed by atoms with E-state index >= 15 is 0 Å². The maximum Gasteiger partial charge on any atom is 0.396 e. The van der Waals surface area contributed by atoms with Gasteiger partial charge in [-0.1, -0.05) is 30.3 Å². The molecule has 1 unspecified atom stereocenters. The molecule has 3 aromatic rings. The topological polar surface area (TPSA) is 90.9 Å². The Labute approximate surface area is 164 Å². The molecule has 2 heterocycles. The zero-order valence-electron chi connectivity index (χ0n) is 15.5. The van der Waals surface area contributed by atoms with Crippen molar-refractivity contribution >= 4 is 5.91 Å². The predicted octanol–water partition coefficient (Wildman–Crippen LogP) is 3.35. The number of nitrogens with one attached hydrogen (secondary N) is 2. The molecule has 3 rings (SSSR count). The van der Waals surface area contributed by atoms with Crippen molar-refractivity contribution in [2.24, 2.45) is 0 Å². The van der Waals surface area contributed by atoms with Crippen molar-refractivity contribution in [3.8, 4) is 11.3 Å². The van der Waals surface area contributed by atoms with Crippen molar-refractivity contribution in [2.75, 3.05) is 6.61 Å². The normalized spacial score (nSPS) is 12.6. The van der Waals surface area contributed by atoms with Crippen LogP contribution in [0, 0.1) is 6.92 Å². The number of aromatic nitrogens is 3. The number of halogens is 3. The van der Waals surface area contributed by atoms with Gasteiger partial charge in [0.2, 0.25) is 0 Å². The molecule has 152 valence electrons. The lowest BCUT2D eigenvalue weighted by molar-refractivity contribution is -0.128. The predicted molar refractivity (Wildman–Crippen MR) is 100 cm³/mol. The number of aliphatic hydroxyl groups is 1. The van der Waals surface area contributed by atoms with Crippen LogP contribution in [-0.4, -0.2) is 38.7 Å². The molecule has 1 amide bonds. The van der Waals surface area contributed by atoms with Crippen LogP contribution in [0.15, 0.2) is 48.8 Å². The number of hydrogen-bond donors (Lipinski definition) is 3. The van der Waals surface area contributed by atoms with Crippen molar-refractivity contribution in [3.63, 3.8) is 0 Å². The molecule has 0 fully saturated rings. The van der Waals surface area contributed by atoms with Gasteiger partial charge in [0.1, 0.15) is 17.9 Å². The maximum atomic E-state index is 12.6. The Morgan fingerprint density at radius 1 is 1.28 bits per heavy atom. The molecule has 0 spiro atoms. The van der Waals surface area contributed by atoms with Crippen LogP contribution < -0.4 is 5.32 Å². The van der Waals surface area contributed by atoms with Gasteiger partial charge in [0, 0.05) is 18.0 Å². The molecule has 0 aliphatic heterocycles. The number of rotatable bonds is 6. The van der Waals surface area contributed by atoms with Crippen molar-refractivity contribution in [1.29, 1.82) is 0 Å². The third-order valence-electron chi connectivity index (χ3n) is 4.27. The number of aryl methyl sites for hydroxylation is 1. The van der Waals surface area contributed by atoms with Crippen molar-refractivity contribution in [1.82, 2.24) is 20.3 Å². The number of nitrogens with zero attached hydrogens (tertiary/aromatic N) is 2. The van der Waals surface area contributed by atoms with Gasteiger partial charge in [0.25, 0.3) is 5.91 Å². The van der Waals surface area contributed by atoms with Gasteiger partial charge in [-0.25, -0.2) is 9.97 Å². The molecular formula is C20H19F3N4O2. The van der Waals surface area contributed by atoms with Crippen LogP contribution >= 0.6 is 0 Å². The first-order valence-electron chi connectivity index (χ1n) is 8.81. The average Bonchev–Trinajstić information content (AvgIpc) is 3.17. The summed E-state index contributed by atoms with van der Waals surface area (Å²) in [5, 5.41) is 12.3. The first kappa shape index (κ1) is 20.5. The highest BCUT2D eigenvalue weighted by Crippen LogP contribution is 2.25. The van der Waals surface area contributed by atoms with Crippen molar-refractivity contribution < 1.29 is 23.1 Å². The van der Waals surface area contributed by atoms with Crippen LogP contribution in [0.5, 0.6) is 0 Å². The third kappa shape index (κ3) is 5.20. The minimum Gasteiger partial charge on any atom is -0.394 e. The highest BCUT2D eigenvalue weighted by atomic mass is 19.4. The number of carbonyl (C=O) groups is 1. The zero-order valence-corrected chi connectivity index (χ0v) is 15.5. The molecular weight excluding hydrogens is 385 g/mol. The number of carbonyl (C=O) groups excluding carboxylic acids is 1. The molecule has 2 aromatic heterocycles. The summed E-state index contributed by atoms with van der Waals surface area (Å²) in [4.78, 5) is 23.1. The molecule has 0 radical (unpaired) electrons. The van der Waals surface area contributed by atoms with E-state index in [-0.39, 0.29) is 18.1 Å². The van der Waals surface area contributed by atoms with Gasteiger partial charge in [-0.15, -0.1) is 0 Å². The molecule has 9 heteroatoms. The Balaban J connectivity index is 1.80. The van der Waals surface area contributed by atoms with Gasteiger partial charge in [-0.05, 0) is 24.1 Å². The second-order valence-electron chi connectivity index (χ2n) is 6.53. The van der Waals surface area contributed by atoms with Gasteiger partial charge in [0.15, 0.2) is 0 Å². The lowest BCUT2D eigenvalue weighted by Crippen LogP contribution is -2.30. The molecule has 1 atom stereocenters. The fourth-order valence-corrected chi connectivity index (χ4v) is 2.85. The molecule has 6 nitrogen and oxygen atoms in total. The van der Waals surface area contributed by atoms with Crippen molar-refractivity contribution in [3.05, 3.63) is 71.4 Å². The number of benzene rings is 1. The lowest BCUT2D eigenvalue weighted by atomic mass is 10.1. The van der Waals surface area contributed by atoms with E-state index < -0.39 is 24.5 Å². The Kier molecular flexibility index (Phi) is 5.97. The average molecular weight is 404 g/mol. The highest BCUT2D eigenvalue weighted by Gasteiger charge is 2.29. The summed E-state index contributed by atoms with van der Waals surface area (Å²) in [7, 11) is 0. The molecule has 1 aromatic carbocycles. The van der Waals surface area contributed by atoms with Crippen LogP contribution in [-0.2, 0) is 6.42 Å². The Hall–Kier alpha value is -3.20. The minimum atomic E-state index is -4.41. The molecule has 3 N–H and O–H groups in total. The first-order valence-corrected chi connectivity index (χ1v) is 8.81. The summed E-state index contributed by atoms with van der Waals surface area (Å²) in [6.07, 6.45) is -2.81. The van der Waals surface area contributed by atoms with Gasteiger partial charge >= 0.3 is 6.18 Å². The molecule has 29 heavy (non-hydrogen) atoms. The van der Waals surface area contributed by atoms with Gasteiger partial charge in [-0.2, -0.15) is 13.2 Å². The Bertz CT molecular complexity index is 987. The monoisotopic (exact) mass is 404 g/mol. The van der Waals surface area contributed by atoms with E-state index in [1.54, 1.807) is 31.2 Å². The second kappa shape index (κ2) is 8.44. The number of H-pyrrole nitrogens is 1. The van der Waals surface area contributed by atoms with Gasteiger partial charge in [0.05, 0.1) is 18.3 Å². The molecule has 0 saturated carbocycles. The smallest absolute Gasteiger partial charge is 0.394 e. The van der Waals surface area contributed by atoms with E-state index in [0.29, 0.717) is 16.8 Å². The molecule has 0 aliphatic rings. The number of aromatic amines is 1. The third-order valence-corrected chi connectivity index (χ3v) is 4.27. The Morgan fingerprint density at radius 2 is 2.00 bits per heavy atom. The van der Waals surface area contributed by atoms with Crippen LogP contribution in [0.25, 0.3) is 11.3 Å². The fourth-order valence-electron chi connectivity index (χ4n) is 2.85. The quantitative estimate of drug-likeness (QED) is 0.588. The number of hydrogen-bond acceptors (Lipinski definition) is 4. The fraction of sp³-hybridized carbons (Fsp3) is 0.250.